The van der Waals surface area contributed by atoms with E-state index in [4.69, 9.17) is 28.4 Å². The van der Waals surface area contributed by atoms with Crippen LogP contribution >= 0.6 is 0 Å². The molecule has 0 amide bonds. The maximum atomic E-state index is 12.7. The minimum Gasteiger partial charge on any atom is -0.494 e. The van der Waals surface area contributed by atoms with Gasteiger partial charge in [-0.15, -0.1) is 0 Å². The Balaban J connectivity index is 1.60. The van der Waals surface area contributed by atoms with E-state index in [2.05, 4.69) is 19.7 Å². The van der Waals surface area contributed by atoms with Gasteiger partial charge in [0.2, 0.25) is 0 Å². The van der Waals surface area contributed by atoms with Gasteiger partial charge in [0.05, 0.1) is 44.2 Å². The van der Waals surface area contributed by atoms with Gasteiger partial charge >= 0.3 is 23.9 Å². The third-order valence-corrected chi connectivity index (χ3v) is 7.70. The Bertz CT molecular complexity index is 1470. The number of allylic oxidation sites excluding steroid dienone is 2. The Labute approximate surface area is 314 Å². The van der Waals surface area contributed by atoms with Crippen molar-refractivity contribution in [1.82, 2.24) is 0 Å². The summed E-state index contributed by atoms with van der Waals surface area (Å²) in [5.41, 5.74) is 1.70. The molecule has 0 heterocycles. The van der Waals surface area contributed by atoms with Crippen LogP contribution in [0.3, 0.4) is 0 Å². The molecule has 286 valence electrons. The van der Waals surface area contributed by atoms with Crippen molar-refractivity contribution in [2.24, 2.45) is 0 Å². The quantitative estimate of drug-likeness (QED) is 0.0201. The smallest absolute Gasteiger partial charge is 0.343 e. The Kier molecular flexibility index (Phi) is 23.5. The second-order valence-electron chi connectivity index (χ2n) is 11.9. The van der Waals surface area contributed by atoms with Crippen LogP contribution in [0.1, 0.15) is 80.1 Å². The molecular formula is C43H54O10. The molecule has 10 heteroatoms. The van der Waals surface area contributed by atoms with E-state index in [1.807, 2.05) is 12.1 Å². The van der Waals surface area contributed by atoms with Crippen molar-refractivity contribution in [3.05, 3.63) is 121 Å². The average Bonchev–Trinajstić information content (AvgIpc) is 3.17. The van der Waals surface area contributed by atoms with E-state index in [1.54, 1.807) is 54.6 Å². The third kappa shape index (κ3) is 21.0. The first-order valence-corrected chi connectivity index (χ1v) is 18.2. The second-order valence-corrected chi connectivity index (χ2v) is 11.9. The molecule has 0 unspecified atom stereocenters. The minimum absolute atomic E-state index is 0.178. The highest BCUT2D eigenvalue weighted by Gasteiger charge is 2.10. The van der Waals surface area contributed by atoms with Gasteiger partial charge in [-0.2, -0.15) is 0 Å². The number of carbonyl (C=O) groups excluding carboxylic acids is 4. The number of hydrogen-bond donors (Lipinski definition) is 0. The summed E-state index contributed by atoms with van der Waals surface area (Å²) in [5, 5.41) is 0. The lowest BCUT2D eigenvalue weighted by Crippen LogP contribution is -2.10. The summed E-state index contributed by atoms with van der Waals surface area (Å²) in [6, 6.07) is 13.9. The van der Waals surface area contributed by atoms with Crippen LogP contribution in [-0.2, 0) is 39.8 Å². The summed E-state index contributed by atoms with van der Waals surface area (Å²) in [4.78, 5) is 47.3. The Hall–Kier alpha value is -5.22. The van der Waals surface area contributed by atoms with Crippen molar-refractivity contribution in [3.63, 3.8) is 0 Å². The summed E-state index contributed by atoms with van der Waals surface area (Å²) in [7, 11) is 0. The SMILES string of the molecule is C=C/C=C(\C=C/COCCCCCCCOC(=O)C=C)C(=O)OCCc1ccc(OC(=O)c2ccc(OCCCCCCCOC(=O)C=C)cc2)cc1. The lowest BCUT2D eigenvalue weighted by molar-refractivity contribution is -0.139. The molecule has 2 aromatic rings. The van der Waals surface area contributed by atoms with Gasteiger partial charge < -0.3 is 28.4 Å². The van der Waals surface area contributed by atoms with Gasteiger partial charge in [0, 0.05) is 25.2 Å². The molecule has 0 radical (unpaired) electrons. The van der Waals surface area contributed by atoms with Crippen LogP contribution in [0.25, 0.3) is 0 Å². The zero-order valence-corrected chi connectivity index (χ0v) is 30.8. The molecule has 53 heavy (non-hydrogen) atoms. The van der Waals surface area contributed by atoms with E-state index >= 15 is 0 Å². The average molecular weight is 731 g/mol. The topological polar surface area (TPSA) is 124 Å². The van der Waals surface area contributed by atoms with Crippen molar-refractivity contribution < 1.29 is 47.6 Å². The van der Waals surface area contributed by atoms with E-state index in [-0.39, 0.29) is 18.5 Å². The summed E-state index contributed by atoms with van der Waals surface area (Å²) in [6.07, 6.45) is 18.9. The molecule has 0 atom stereocenters. The van der Waals surface area contributed by atoms with Crippen LogP contribution in [0, 0.1) is 0 Å². The molecule has 0 spiro atoms. The summed E-state index contributed by atoms with van der Waals surface area (Å²) in [5.74, 6) is -0.629. The van der Waals surface area contributed by atoms with Gasteiger partial charge in [0.1, 0.15) is 11.5 Å². The second kappa shape index (κ2) is 28.4. The van der Waals surface area contributed by atoms with Crippen molar-refractivity contribution in [1.29, 1.82) is 0 Å². The fraction of sp³-hybridized carbons (Fsp3) is 0.395. The number of esters is 4. The monoisotopic (exact) mass is 730 g/mol. The van der Waals surface area contributed by atoms with Crippen LogP contribution in [-0.4, -0.2) is 63.5 Å². The van der Waals surface area contributed by atoms with Crippen LogP contribution in [0.15, 0.2) is 110 Å². The molecule has 2 rings (SSSR count). The molecule has 0 aliphatic rings. The van der Waals surface area contributed by atoms with Crippen LogP contribution < -0.4 is 9.47 Å². The Morgan fingerprint density at radius 1 is 0.585 bits per heavy atom. The van der Waals surface area contributed by atoms with E-state index in [9.17, 15) is 19.2 Å². The fourth-order valence-corrected chi connectivity index (χ4v) is 4.79. The first-order valence-electron chi connectivity index (χ1n) is 18.2. The van der Waals surface area contributed by atoms with Gasteiger partial charge in [-0.05, 0) is 79.8 Å². The van der Waals surface area contributed by atoms with Crippen molar-refractivity contribution in [2.45, 2.75) is 70.6 Å². The predicted molar refractivity (Wildman–Crippen MR) is 205 cm³/mol. The van der Waals surface area contributed by atoms with E-state index in [1.165, 1.54) is 18.2 Å². The molecule has 0 bridgehead atoms. The molecule has 0 aromatic heterocycles. The summed E-state index contributed by atoms with van der Waals surface area (Å²) in [6.45, 7) is 13.0. The maximum Gasteiger partial charge on any atom is 0.343 e. The fourth-order valence-electron chi connectivity index (χ4n) is 4.79. The predicted octanol–water partition coefficient (Wildman–Crippen LogP) is 8.41. The number of carbonyl (C=O) groups is 4. The van der Waals surface area contributed by atoms with Crippen molar-refractivity contribution in [2.75, 3.05) is 39.6 Å². The first-order chi connectivity index (χ1) is 25.9. The number of rotatable bonds is 29. The number of unbranched alkanes of at least 4 members (excludes halogenated alkanes) is 8. The van der Waals surface area contributed by atoms with E-state index < -0.39 is 11.9 Å². The van der Waals surface area contributed by atoms with Crippen molar-refractivity contribution >= 4 is 23.9 Å². The summed E-state index contributed by atoms with van der Waals surface area (Å²) >= 11 is 0. The Morgan fingerprint density at radius 2 is 1.13 bits per heavy atom. The van der Waals surface area contributed by atoms with Gasteiger partial charge in [-0.25, -0.2) is 19.2 Å². The summed E-state index contributed by atoms with van der Waals surface area (Å²) < 4.78 is 32.3. The highest BCUT2D eigenvalue weighted by molar-refractivity contribution is 5.92. The van der Waals surface area contributed by atoms with Crippen LogP contribution in [0.5, 0.6) is 11.5 Å². The lowest BCUT2D eigenvalue weighted by Gasteiger charge is -2.09. The molecule has 0 saturated carbocycles. The van der Waals surface area contributed by atoms with Crippen molar-refractivity contribution in [3.8, 4) is 11.5 Å². The molecule has 0 fully saturated rings. The molecule has 0 N–H and O–H groups in total. The standard InChI is InChI=1S/C43H54O10/c1-4-18-36(19-17-30-48-29-13-9-7-11-15-32-50-40(44)5-2)42(46)52-34-28-35-20-24-39(25-21-35)53-43(47)37-22-26-38(27-23-37)49-31-14-10-8-12-16-33-51-41(45)6-3/h4-6,17-27H,1-3,7-16,28-34H2/b19-17-,36-18+. The largest absolute Gasteiger partial charge is 0.494 e. The first kappa shape index (κ1) is 43.9. The highest BCUT2D eigenvalue weighted by Crippen LogP contribution is 2.18. The molecule has 0 aliphatic heterocycles. The number of hydrogen-bond acceptors (Lipinski definition) is 10. The Morgan fingerprint density at radius 3 is 1.72 bits per heavy atom. The van der Waals surface area contributed by atoms with E-state index in [0.717, 1.165) is 69.8 Å². The molecule has 10 nitrogen and oxygen atoms in total. The van der Waals surface area contributed by atoms with Crippen LogP contribution in [0.2, 0.25) is 0 Å². The molecule has 0 saturated heterocycles. The molecular weight excluding hydrogens is 676 g/mol. The van der Waals surface area contributed by atoms with Gasteiger partial charge in [0.25, 0.3) is 0 Å². The highest BCUT2D eigenvalue weighted by atomic mass is 16.5. The third-order valence-electron chi connectivity index (χ3n) is 7.70. The van der Waals surface area contributed by atoms with E-state index in [0.29, 0.717) is 62.1 Å². The zero-order chi connectivity index (χ0) is 38.4. The lowest BCUT2D eigenvalue weighted by atomic mass is 10.1. The van der Waals surface area contributed by atoms with Crippen LogP contribution in [0.4, 0.5) is 0 Å². The minimum atomic E-state index is -0.477. The number of benzene rings is 2. The maximum absolute atomic E-state index is 12.7. The zero-order valence-electron chi connectivity index (χ0n) is 30.8. The molecule has 2 aromatic carbocycles. The van der Waals surface area contributed by atoms with Gasteiger partial charge in [-0.1, -0.05) is 82.5 Å². The number of ether oxygens (including phenoxy) is 6. The normalized spacial score (nSPS) is 11.1. The van der Waals surface area contributed by atoms with Gasteiger partial charge in [0.15, 0.2) is 0 Å². The van der Waals surface area contributed by atoms with Gasteiger partial charge in [-0.3, -0.25) is 0 Å². The molecule has 0 aliphatic carbocycles.